The van der Waals surface area contributed by atoms with Gasteiger partial charge < -0.3 is 10.1 Å². The Morgan fingerprint density at radius 2 is 1.93 bits per heavy atom. The first-order valence-electron chi connectivity index (χ1n) is 8.75. The molecule has 1 saturated heterocycles. The number of aryl methyl sites for hydroxylation is 1. The molecule has 1 fully saturated rings. The van der Waals surface area contributed by atoms with Crippen LogP contribution in [0.2, 0.25) is 0 Å². The summed E-state index contributed by atoms with van der Waals surface area (Å²) >= 11 is 0. The number of hydrogen-bond donors (Lipinski definition) is 2. The van der Waals surface area contributed by atoms with Gasteiger partial charge in [-0.1, -0.05) is 6.07 Å². The molecule has 8 nitrogen and oxygen atoms in total. The van der Waals surface area contributed by atoms with E-state index >= 15 is 0 Å². The van der Waals surface area contributed by atoms with E-state index in [-0.39, 0.29) is 5.91 Å². The molecule has 9 heteroatoms. The van der Waals surface area contributed by atoms with Crippen molar-refractivity contribution in [3.63, 3.8) is 0 Å². The number of anilines is 2. The van der Waals surface area contributed by atoms with Gasteiger partial charge in [0.05, 0.1) is 11.9 Å². The summed E-state index contributed by atoms with van der Waals surface area (Å²) in [5.41, 5.74) is 0.942. The van der Waals surface area contributed by atoms with Crippen LogP contribution in [0.3, 0.4) is 0 Å². The SMILES string of the molecule is Cc1ccc(NC(=O)C2CCCN2C(=O)OC(C)(C)C)cc1NS(C)(=O)=O. The van der Waals surface area contributed by atoms with Gasteiger partial charge in [-0.15, -0.1) is 0 Å². The third-order valence-corrected chi connectivity index (χ3v) is 4.57. The van der Waals surface area contributed by atoms with E-state index in [9.17, 15) is 18.0 Å². The topological polar surface area (TPSA) is 105 Å². The van der Waals surface area contributed by atoms with Crippen LogP contribution in [0.25, 0.3) is 0 Å². The molecule has 1 heterocycles. The zero-order valence-corrected chi connectivity index (χ0v) is 17.1. The lowest BCUT2D eigenvalue weighted by Crippen LogP contribution is -2.45. The summed E-state index contributed by atoms with van der Waals surface area (Å²) in [6.45, 7) is 7.55. The van der Waals surface area contributed by atoms with Gasteiger partial charge in [-0.2, -0.15) is 0 Å². The molecule has 1 atom stereocenters. The summed E-state index contributed by atoms with van der Waals surface area (Å²) in [5.74, 6) is -0.326. The van der Waals surface area contributed by atoms with E-state index in [4.69, 9.17) is 4.74 Å². The van der Waals surface area contributed by atoms with E-state index in [0.29, 0.717) is 30.8 Å². The number of amides is 2. The first-order chi connectivity index (χ1) is 12.4. The molecule has 2 rings (SSSR count). The Kier molecular flexibility index (Phi) is 6.04. The first-order valence-corrected chi connectivity index (χ1v) is 10.6. The summed E-state index contributed by atoms with van der Waals surface area (Å²) in [6.07, 6.45) is 1.82. The maximum atomic E-state index is 12.7. The fourth-order valence-electron chi connectivity index (χ4n) is 2.81. The van der Waals surface area contributed by atoms with Crippen molar-refractivity contribution >= 4 is 33.4 Å². The molecule has 1 unspecified atom stereocenters. The van der Waals surface area contributed by atoms with Gasteiger partial charge in [0.1, 0.15) is 11.6 Å². The molecule has 27 heavy (non-hydrogen) atoms. The van der Waals surface area contributed by atoms with E-state index in [2.05, 4.69) is 10.0 Å². The van der Waals surface area contributed by atoms with Crippen LogP contribution in [0, 0.1) is 6.92 Å². The molecule has 0 bridgehead atoms. The first kappa shape index (κ1) is 21.0. The van der Waals surface area contributed by atoms with Crippen LogP contribution in [0.5, 0.6) is 0 Å². The van der Waals surface area contributed by atoms with Crippen molar-refractivity contribution in [2.24, 2.45) is 0 Å². The van der Waals surface area contributed by atoms with Crippen LogP contribution in [0.1, 0.15) is 39.2 Å². The summed E-state index contributed by atoms with van der Waals surface area (Å²) in [6, 6.07) is 4.34. The molecule has 1 aliphatic heterocycles. The van der Waals surface area contributed by atoms with Crippen molar-refractivity contribution in [1.82, 2.24) is 4.90 Å². The Morgan fingerprint density at radius 1 is 1.26 bits per heavy atom. The standard InChI is InChI=1S/C18H27N3O5S/c1-12-8-9-13(11-14(12)20-27(5,24)25)19-16(22)15-7-6-10-21(15)17(23)26-18(2,3)4/h8-9,11,15,20H,6-7,10H2,1-5H3,(H,19,22). The van der Waals surface area contributed by atoms with Crippen LogP contribution in [0.4, 0.5) is 16.2 Å². The number of ether oxygens (including phenoxy) is 1. The van der Waals surface area contributed by atoms with Crippen LogP contribution in [0.15, 0.2) is 18.2 Å². The van der Waals surface area contributed by atoms with Crippen molar-refractivity contribution in [1.29, 1.82) is 0 Å². The highest BCUT2D eigenvalue weighted by Crippen LogP contribution is 2.24. The Bertz CT molecular complexity index is 830. The highest BCUT2D eigenvalue weighted by molar-refractivity contribution is 7.92. The second kappa shape index (κ2) is 7.75. The number of carbonyl (C=O) groups excluding carboxylic acids is 2. The molecule has 0 aliphatic carbocycles. The molecule has 0 radical (unpaired) electrons. The number of likely N-dealkylation sites (tertiary alicyclic amines) is 1. The summed E-state index contributed by atoms with van der Waals surface area (Å²) in [5, 5.41) is 2.76. The normalized spacial score (nSPS) is 17.5. The van der Waals surface area contributed by atoms with Gasteiger partial charge in [0.15, 0.2) is 0 Å². The van der Waals surface area contributed by atoms with E-state index in [0.717, 1.165) is 11.8 Å². The maximum absolute atomic E-state index is 12.7. The van der Waals surface area contributed by atoms with Gasteiger partial charge in [0.2, 0.25) is 15.9 Å². The van der Waals surface area contributed by atoms with Gasteiger partial charge in [0.25, 0.3) is 0 Å². The van der Waals surface area contributed by atoms with Gasteiger partial charge in [0, 0.05) is 12.2 Å². The van der Waals surface area contributed by atoms with E-state index in [1.807, 2.05) is 0 Å². The third kappa shape index (κ3) is 6.13. The number of hydrogen-bond acceptors (Lipinski definition) is 5. The van der Waals surface area contributed by atoms with Crippen LogP contribution >= 0.6 is 0 Å². The van der Waals surface area contributed by atoms with E-state index < -0.39 is 27.8 Å². The average Bonchev–Trinajstić information content (AvgIpc) is 2.97. The molecule has 2 N–H and O–H groups in total. The Morgan fingerprint density at radius 3 is 2.52 bits per heavy atom. The predicted octanol–water partition coefficient (Wildman–Crippen LogP) is 2.70. The molecule has 1 aliphatic rings. The number of rotatable bonds is 4. The molecule has 0 aromatic heterocycles. The van der Waals surface area contributed by atoms with Crippen molar-refractivity contribution in [3.8, 4) is 0 Å². The van der Waals surface area contributed by atoms with Gasteiger partial charge in [-0.25, -0.2) is 13.2 Å². The molecule has 0 spiro atoms. The quantitative estimate of drug-likeness (QED) is 0.813. The highest BCUT2D eigenvalue weighted by Gasteiger charge is 2.36. The number of sulfonamides is 1. The second-order valence-electron chi connectivity index (χ2n) is 7.72. The summed E-state index contributed by atoms with van der Waals surface area (Å²) in [4.78, 5) is 26.4. The zero-order valence-electron chi connectivity index (χ0n) is 16.3. The number of benzene rings is 1. The minimum absolute atomic E-state index is 0.326. The van der Waals surface area contributed by atoms with Crippen LogP contribution in [-0.4, -0.2) is 49.8 Å². The van der Waals surface area contributed by atoms with Crippen molar-refractivity contribution < 1.29 is 22.7 Å². The molecular formula is C18H27N3O5S. The molecule has 1 aromatic rings. The van der Waals surface area contributed by atoms with E-state index in [1.54, 1.807) is 45.9 Å². The molecule has 0 saturated carbocycles. The molecule has 1 aromatic carbocycles. The average molecular weight is 397 g/mol. The minimum Gasteiger partial charge on any atom is -0.444 e. The lowest BCUT2D eigenvalue weighted by Gasteiger charge is -2.28. The Balaban J connectivity index is 2.12. The molecule has 150 valence electrons. The van der Waals surface area contributed by atoms with Crippen LogP contribution < -0.4 is 10.0 Å². The van der Waals surface area contributed by atoms with Gasteiger partial charge in [-0.3, -0.25) is 14.4 Å². The maximum Gasteiger partial charge on any atom is 0.410 e. The molecular weight excluding hydrogens is 370 g/mol. The monoisotopic (exact) mass is 397 g/mol. The third-order valence-electron chi connectivity index (χ3n) is 3.98. The fraction of sp³-hybridized carbons (Fsp3) is 0.556. The van der Waals surface area contributed by atoms with E-state index in [1.165, 1.54) is 4.90 Å². The largest absolute Gasteiger partial charge is 0.444 e. The Labute approximate surface area is 160 Å². The number of carbonyl (C=O) groups is 2. The Hall–Kier alpha value is -2.29. The minimum atomic E-state index is -3.43. The summed E-state index contributed by atoms with van der Waals surface area (Å²) < 4.78 is 30.7. The van der Waals surface area contributed by atoms with Gasteiger partial charge in [-0.05, 0) is 58.2 Å². The van der Waals surface area contributed by atoms with Crippen molar-refractivity contribution in [2.45, 2.75) is 52.2 Å². The van der Waals surface area contributed by atoms with Crippen LogP contribution in [-0.2, 0) is 19.6 Å². The number of nitrogens with one attached hydrogen (secondary N) is 2. The smallest absolute Gasteiger partial charge is 0.410 e. The van der Waals surface area contributed by atoms with Crippen molar-refractivity contribution in [2.75, 3.05) is 22.8 Å². The van der Waals surface area contributed by atoms with Gasteiger partial charge >= 0.3 is 6.09 Å². The number of nitrogens with zero attached hydrogens (tertiary/aromatic N) is 1. The van der Waals surface area contributed by atoms with Crippen molar-refractivity contribution in [3.05, 3.63) is 23.8 Å². The molecule has 2 amide bonds. The summed E-state index contributed by atoms with van der Waals surface area (Å²) in [7, 11) is -3.43. The highest BCUT2D eigenvalue weighted by atomic mass is 32.2. The second-order valence-corrected chi connectivity index (χ2v) is 9.47. The predicted molar refractivity (Wildman–Crippen MR) is 104 cm³/mol. The fourth-order valence-corrected chi connectivity index (χ4v) is 3.43. The zero-order chi connectivity index (χ0) is 20.4. The lowest BCUT2D eigenvalue weighted by molar-refractivity contribution is -0.120. The lowest BCUT2D eigenvalue weighted by atomic mass is 10.1.